The second-order valence-corrected chi connectivity index (χ2v) is 16.5. The summed E-state index contributed by atoms with van der Waals surface area (Å²) in [5.41, 5.74) is 1.62. The first-order chi connectivity index (χ1) is 21.7. The molecule has 3 fully saturated rings. The summed E-state index contributed by atoms with van der Waals surface area (Å²) in [6, 6.07) is 9.61. The zero-order valence-corrected chi connectivity index (χ0v) is 28.6. The predicted octanol–water partition coefficient (Wildman–Crippen LogP) is 7.88. The largest absolute Gasteiger partial charge is 0.497 e. The number of hydrogen-bond donors (Lipinski definition) is 0. The third kappa shape index (κ3) is 4.03. The van der Waals surface area contributed by atoms with E-state index in [9.17, 15) is 14.4 Å². The molecule has 46 heavy (non-hydrogen) atoms. The van der Waals surface area contributed by atoms with Gasteiger partial charge in [0.2, 0.25) is 0 Å². The van der Waals surface area contributed by atoms with Gasteiger partial charge in [-0.3, -0.25) is 9.59 Å². The Morgan fingerprint density at radius 2 is 1.72 bits per heavy atom. The normalized spacial score (nSPS) is 44.3. The Morgan fingerprint density at radius 1 is 0.978 bits per heavy atom. The molecule has 1 aliphatic heterocycles. The summed E-state index contributed by atoms with van der Waals surface area (Å²) < 4.78 is 18.1. The molecule has 0 amide bonds. The predicted molar refractivity (Wildman–Crippen MR) is 176 cm³/mol. The van der Waals surface area contributed by atoms with E-state index in [1.807, 2.05) is 30.3 Å². The van der Waals surface area contributed by atoms with Crippen molar-refractivity contribution < 1.29 is 28.6 Å². The lowest BCUT2D eigenvalue weighted by Gasteiger charge is -2.68. The molecule has 6 aliphatic rings. The smallest absolute Gasteiger partial charge is 0.331 e. The van der Waals surface area contributed by atoms with Crippen molar-refractivity contribution in [3.05, 3.63) is 65.0 Å². The maximum absolute atomic E-state index is 14.2. The number of hydrogen-bond acceptors (Lipinski definition) is 6. The Morgan fingerprint density at radius 3 is 2.43 bits per heavy atom. The Balaban J connectivity index is 1.25. The Labute approximate surface area is 274 Å². The molecule has 3 saturated carbocycles. The molecule has 5 aliphatic carbocycles. The van der Waals surface area contributed by atoms with Gasteiger partial charge in [0.05, 0.1) is 23.7 Å². The lowest BCUT2D eigenvalue weighted by atomic mass is 9.35. The number of carbonyl (C=O) groups excluding carboxylic acids is 3. The van der Waals surface area contributed by atoms with Gasteiger partial charge in [0.25, 0.3) is 0 Å². The SMILES string of the molecule is COC(=O)[C@]12CC[C@@H](C)[C@H](C)[C@@H]1C1=CC[C@@H]3[C@@]4(C)CC(=O)[C@H](OC(=O)/C=C/c5ccccc5)[C@@]5(C)COC(=C45)C[C@@]3(C)[C@]1(C)CC2. The van der Waals surface area contributed by atoms with Crippen LogP contribution < -0.4 is 0 Å². The second-order valence-electron chi connectivity index (χ2n) is 16.5. The van der Waals surface area contributed by atoms with E-state index < -0.39 is 28.3 Å². The van der Waals surface area contributed by atoms with Gasteiger partial charge in [0, 0.05) is 24.3 Å². The van der Waals surface area contributed by atoms with Gasteiger partial charge < -0.3 is 14.2 Å². The van der Waals surface area contributed by atoms with Crippen molar-refractivity contribution in [1.82, 2.24) is 0 Å². The number of esters is 2. The topological polar surface area (TPSA) is 78.9 Å². The molecule has 0 spiro atoms. The highest BCUT2D eigenvalue weighted by atomic mass is 16.6. The molecule has 0 bridgehead atoms. The Kier molecular flexibility index (Phi) is 7.13. The van der Waals surface area contributed by atoms with Gasteiger partial charge in [-0.15, -0.1) is 0 Å². The molecule has 0 saturated heterocycles. The molecular formula is C40H50O6. The van der Waals surface area contributed by atoms with Crippen molar-refractivity contribution in [3.8, 4) is 0 Å². The number of benzene rings is 1. The summed E-state index contributed by atoms with van der Waals surface area (Å²) in [6.07, 6.45) is 10.4. The maximum Gasteiger partial charge on any atom is 0.331 e. The lowest BCUT2D eigenvalue weighted by molar-refractivity contribution is -0.174. The van der Waals surface area contributed by atoms with E-state index in [4.69, 9.17) is 14.2 Å². The average molecular weight is 627 g/mol. The first-order valence-electron chi connectivity index (χ1n) is 17.4. The molecule has 10 atom stereocenters. The van der Waals surface area contributed by atoms with Gasteiger partial charge in [-0.2, -0.15) is 0 Å². The monoisotopic (exact) mass is 626 g/mol. The molecule has 6 heteroatoms. The van der Waals surface area contributed by atoms with Crippen LogP contribution in [0.5, 0.6) is 0 Å². The molecular weight excluding hydrogens is 576 g/mol. The highest BCUT2D eigenvalue weighted by Crippen LogP contribution is 2.76. The minimum Gasteiger partial charge on any atom is -0.497 e. The van der Waals surface area contributed by atoms with Crippen molar-refractivity contribution in [1.29, 1.82) is 0 Å². The molecule has 246 valence electrons. The summed E-state index contributed by atoms with van der Waals surface area (Å²) >= 11 is 0. The van der Waals surface area contributed by atoms with Gasteiger partial charge >= 0.3 is 11.9 Å². The number of fused-ring (bicyclic) bond motifs is 6. The Bertz CT molecular complexity index is 1570. The lowest BCUT2D eigenvalue weighted by Crippen LogP contribution is -2.64. The molecule has 1 heterocycles. The fourth-order valence-corrected chi connectivity index (χ4v) is 11.9. The van der Waals surface area contributed by atoms with Crippen LogP contribution in [0.2, 0.25) is 0 Å². The molecule has 1 aromatic rings. The minimum absolute atomic E-state index is 0.0210. The third-order valence-corrected chi connectivity index (χ3v) is 14.4. The highest BCUT2D eigenvalue weighted by molar-refractivity contribution is 5.93. The average Bonchev–Trinajstić information content (AvgIpc) is 3.38. The fourth-order valence-electron chi connectivity index (χ4n) is 11.9. The molecule has 0 N–H and O–H groups in total. The number of carbonyl (C=O) groups is 3. The van der Waals surface area contributed by atoms with Crippen LogP contribution in [0.3, 0.4) is 0 Å². The number of rotatable bonds is 4. The number of ketones is 1. The van der Waals surface area contributed by atoms with E-state index in [-0.39, 0.29) is 34.4 Å². The van der Waals surface area contributed by atoms with Crippen LogP contribution in [0, 0.1) is 50.7 Å². The summed E-state index contributed by atoms with van der Waals surface area (Å²) in [5, 5.41) is 0. The highest BCUT2D eigenvalue weighted by Gasteiger charge is 2.72. The first kappa shape index (κ1) is 31.4. The molecule has 0 radical (unpaired) electrons. The van der Waals surface area contributed by atoms with Crippen LogP contribution >= 0.6 is 0 Å². The van der Waals surface area contributed by atoms with Gasteiger partial charge in [0.15, 0.2) is 11.9 Å². The van der Waals surface area contributed by atoms with E-state index in [1.165, 1.54) is 17.2 Å². The van der Waals surface area contributed by atoms with Crippen molar-refractivity contribution in [2.24, 2.45) is 50.7 Å². The van der Waals surface area contributed by atoms with Crippen molar-refractivity contribution in [2.45, 2.75) is 92.6 Å². The molecule has 6 nitrogen and oxygen atoms in total. The Hall–Kier alpha value is -3.15. The number of ether oxygens (including phenoxy) is 3. The summed E-state index contributed by atoms with van der Waals surface area (Å²) in [6.45, 7) is 14.2. The van der Waals surface area contributed by atoms with Crippen LogP contribution in [0.25, 0.3) is 6.08 Å². The molecule has 0 aromatic heterocycles. The van der Waals surface area contributed by atoms with E-state index >= 15 is 0 Å². The van der Waals surface area contributed by atoms with Gasteiger partial charge in [-0.05, 0) is 90.7 Å². The molecule has 1 aromatic carbocycles. The third-order valence-electron chi connectivity index (χ3n) is 14.4. The summed E-state index contributed by atoms with van der Waals surface area (Å²) in [4.78, 5) is 40.8. The standard InChI is InChI=1S/C40H50O6/c1-24-17-18-40(35(43)44-7)20-19-38(5)27(32(40)25(24)2)14-15-30-36(3)21-28(41)34(46-31(42)16-13-26-11-9-8-10-12-26)37(4)23-45-29(33(36)37)22-39(30,38)6/h8-14,16,24-25,30,32,34H,15,17-23H2,1-7H3/b16-13+/t24-,25+,30-,32-,34+,36-,37+,38-,39-,40+/m1/s1. The number of methoxy groups -OCH3 is 1. The first-order valence-corrected chi connectivity index (χ1v) is 17.4. The van der Waals surface area contributed by atoms with Gasteiger partial charge in [-0.1, -0.05) is 76.6 Å². The van der Waals surface area contributed by atoms with Crippen LogP contribution in [0.15, 0.2) is 59.4 Å². The minimum atomic E-state index is -0.879. The quantitative estimate of drug-likeness (QED) is 0.192. The van der Waals surface area contributed by atoms with Crippen LogP contribution in [0.4, 0.5) is 0 Å². The van der Waals surface area contributed by atoms with Gasteiger partial charge in [-0.25, -0.2) is 4.79 Å². The summed E-state index contributed by atoms with van der Waals surface area (Å²) in [5.74, 6) is 1.70. The van der Waals surface area contributed by atoms with E-state index in [0.717, 1.165) is 49.8 Å². The summed E-state index contributed by atoms with van der Waals surface area (Å²) in [7, 11) is 1.55. The van der Waals surface area contributed by atoms with E-state index in [1.54, 1.807) is 13.2 Å². The molecule has 0 unspecified atom stereocenters. The zero-order chi connectivity index (χ0) is 32.9. The molecule has 7 rings (SSSR count). The van der Waals surface area contributed by atoms with Crippen molar-refractivity contribution >= 4 is 23.8 Å². The zero-order valence-electron chi connectivity index (χ0n) is 28.6. The second kappa shape index (κ2) is 10.4. The fraction of sp³-hybridized carbons (Fsp3) is 0.625. The van der Waals surface area contributed by atoms with Crippen molar-refractivity contribution in [3.63, 3.8) is 0 Å². The van der Waals surface area contributed by atoms with Crippen LogP contribution in [0.1, 0.15) is 92.1 Å². The number of allylic oxidation sites excluding steroid dienone is 3. The van der Waals surface area contributed by atoms with E-state index in [0.29, 0.717) is 24.9 Å². The van der Waals surface area contributed by atoms with Crippen LogP contribution in [-0.2, 0) is 28.6 Å². The van der Waals surface area contributed by atoms with Gasteiger partial charge in [0.1, 0.15) is 6.61 Å². The maximum atomic E-state index is 14.2. The number of Topliss-reactive ketones (excluding diaryl/α,β-unsaturated/α-hetero) is 1. The van der Waals surface area contributed by atoms with Crippen LogP contribution in [-0.4, -0.2) is 37.5 Å². The van der Waals surface area contributed by atoms with E-state index in [2.05, 4.69) is 47.6 Å². The van der Waals surface area contributed by atoms with Crippen molar-refractivity contribution in [2.75, 3.05) is 13.7 Å².